The molecule has 4 heterocycles. The van der Waals surface area contributed by atoms with Crippen LogP contribution in [0.25, 0.3) is 0 Å². The number of hydrogen-bond donors (Lipinski definition) is 5. The molecule has 2 atom stereocenters. The summed E-state index contributed by atoms with van der Waals surface area (Å²) in [5.41, 5.74) is 3.39. The molecule has 0 unspecified atom stereocenters. The number of carbonyl (C=O) groups is 4. The number of amides is 2. The molecule has 1 fully saturated rings. The van der Waals surface area contributed by atoms with Crippen LogP contribution >= 0.6 is 34.9 Å². The molecule has 0 radical (unpaired) electrons. The number of carboxylic acids is 2. The number of aromatic amines is 1. The highest BCUT2D eigenvalue weighted by Crippen LogP contribution is 2.41. The van der Waals surface area contributed by atoms with E-state index in [9.17, 15) is 34.2 Å². The minimum Gasteiger partial charge on any atom is -0.478 e. The second-order valence-corrected chi connectivity index (χ2v) is 11.5. The fourth-order valence-corrected chi connectivity index (χ4v) is 6.27. The molecule has 18 heteroatoms. The summed E-state index contributed by atoms with van der Waals surface area (Å²) >= 11 is 3.38. The minimum atomic E-state index is -1.77. The van der Waals surface area contributed by atoms with Crippen LogP contribution in [0, 0.1) is 0 Å². The zero-order chi connectivity index (χ0) is 28.5. The Morgan fingerprint density at radius 2 is 2.10 bits per heavy atom. The van der Waals surface area contributed by atoms with Gasteiger partial charge in [-0.15, -0.1) is 23.1 Å². The molecule has 0 spiro atoms. The number of nitrogens with two attached hydrogens (primary N) is 1. The van der Waals surface area contributed by atoms with E-state index in [0.29, 0.717) is 10.7 Å². The van der Waals surface area contributed by atoms with Gasteiger partial charge >= 0.3 is 11.9 Å². The molecule has 2 aliphatic heterocycles. The third-order valence-corrected chi connectivity index (χ3v) is 8.41. The highest BCUT2D eigenvalue weighted by Gasteiger charge is 2.54. The van der Waals surface area contributed by atoms with Crippen LogP contribution in [0.15, 0.2) is 44.0 Å². The number of nitrogens with zero attached hydrogens (tertiary/aromatic N) is 4. The minimum absolute atomic E-state index is 0.00843. The first-order valence-electron chi connectivity index (χ1n) is 11.0. The summed E-state index contributed by atoms with van der Waals surface area (Å²) in [7, 11) is 0. The van der Waals surface area contributed by atoms with Crippen molar-refractivity contribution < 1.29 is 34.2 Å². The maximum Gasteiger partial charge on any atom is 0.352 e. The number of nitrogen functional groups attached to an aromatic ring is 1. The third kappa shape index (κ3) is 5.91. The van der Waals surface area contributed by atoms with Crippen molar-refractivity contribution in [1.29, 1.82) is 0 Å². The molecule has 2 amide bonds. The van der Waals surface area contributed by atoms with Gasteiger partial charge in [-0.25, -0.2) is 19.6 Å². The van der Waals surface area contributed by atoms with Crippen molar-refractivity contribution in [2.75, 3.05) is 17.2 Å². The van der Waals surface area contributed by atoms with E-state index in [2.05, 4.69) is 25.4 Å². The van der Waals surface area contributed by atoms with Gasteiger partial charge in [-0.05, 0) is 19.4 Å². The second kappa shape index (κ2) is 11.1. The van der Waals surface area contributed by atoms with Crippen LogP contribution in [0.4, 0.5) is 5.13 Å². The van der Waals surface area contributed by atoms with Gasteiger partial charge in [0.1, 0.15) is 22.8 Å². The Morgan fingerprint density at radius 3 is 2.72 bits per heavy atom. The van der Waals surface area contributed by atoms with Crippen molar-refractivity contribution in [2.45, 2.75) is 36.0 Å². The Labute approximate surface area is 231 Å². The summed E-state index contributed by atoms with van der Waals surface area (Å²) in [5.74, 6) is -3.78. The molecular formula is C21H21N7O8S3. The Morgan fingerprint density at radius 1 is 1.36 bits per heavy atom. The van der Waals surface area contributed by atoms with E-state index in [4.69, 9.17) is 10.6 Å². The van der Waals surface area contributed by atoms with Gasteiger partial charge < -0.3 is 31.1 Å². The number of carboxylic acid groups (broad SMARTS) is 2. The van der Waals surface area contributed by atoms with E-state index in [1.165, 1.54) is 43.3 Å². The lowest BCUT2D eigenvalue weighted by atomic mass is 10.0. The fraction of sp³-hybridized carbons (Fsp3) is 0.333. The van der Waals surface area contributed by atoms with Gasteiger partial charge in [0.05, 0.1) is 0 Å². The average molecular weight is 596 g/mol. The number of nitrogens with one attached hydrogen (secondary N) is 2. The zero-order valence-corrected chi connectivity index (χ0v) is 22.7. The molecule has 2 aromatic heterocycles. The van der Waals surface area contributed by atoms with Crippen molar-refractivity contribution in [3.63, 3.8) is 0 Å². The number of aliphatic carboxylic acids is 2. The van der Waals surface area contributed by atoms with Crippen LogP contribution in [0.2, 0.25) is 0 Å². The lowest BCUT2D eigenvalue weighted by Crippen LogP contribution is -2.71. The third-order valence-electron chi connectivity index (χ3n) is 5.43. The molecule has 1 saturated heterocycles. The summed E-state index contributed by atoms with van der Waals surface area (Å²) in [4.78, 5) is 77.8. The monoisotopic (exact) mass is 595 g/mol. The number of thiazole rings is 1. The van der Waals surface area contributed by atoms with Crippen molar-refractivity contribution in [2.24, 2.45) is 5.16 Å². The van der Waals surface area contributed by atoms with Crippen LogP contribution in [-0.2, 0) is 24.0 Å². The molecule has 4 rings (SSSR count). The fourth-order valence-electron chi connectivity index (χ4n) is 3.38. The number of oxime groups is 1. The maximum absolute atomic E-state index is 13.1. The van der Waals surface area contributed by atoms with Gasteiger partial charge in [0, 0.05) is 29.1 Å². The number of hydrogen-bond acceptors (Lipinski definition) is 13. The molecule has 0 aliphatic carbocycles. The molecule has 39 heavy (non-hydrogen) atoms. The Balaban J connectivity index is 1.52. The van der Waals surface area contributed by atoms with Gasteiger partial charge in [-0.2, -0.15) is 0 Å². The average Bonchev–Trinajstić information content (AvgIpc) is 3.30. The van der Waals surface area contributed by atoms with Gasteiger partial charge in [0.15, 0.2) is 16.0 Å². The molecule has 0 aromatic carbocycles. The summed E-state index contributed by atoms with van der Waals surface area (Å²) in [5, 5.41) is 26.5. The first-order valence-corrected chi connectivity index (χ1v) is 13.9. The number of β-lactam (4-membered cyclic amide) rings is 1. The predicted octanol–water partition coefficient (Wildman–Crippen LogP) is -0.0766. The molecule has 2 aliphatic rings. The molecule has 206 valence electrons. The number of anilines is 1. The quantitative estimate of drug-likeness (QED) is 0.0796. The van der Waals surface area contributed by atoms with E-state index in [-0.39, 0.29) is 33.6 Å². The molecule has 15 nitrogen and oxygen atoms in total. The summed E-state index contributed by atoms with van der Waals surface area (Å²) in [6, 6.07) is 0.158. The van der Waals surface area contributed by atoms with Crippen molar-refractivity contribution in [3.05, 3.63) is 45.0 Å². The molecular weight excluding hydrogens is 574 g/mol. The van der Waals surface area contributed by atoms with Gasteiger partial charge in [0.2, 0.25) is 5.60 Å². The van der Waals surface area contributed by atoms with E-state index in [1.54, 1.807) is 0 Å². The largest absolute Gasteiger partial charge is 0.478 e. The normalized spacial score (nSPS) is 19.3. The first-order chi connectivity index (χ1) is 18.4. The second-order valence-electron chi connectivity index (χ2n) is 8.56. The molecule has 0 saturated carbocycles. The van der Waals surface area contributed by atoms with E-state index in [1.807, 2.05) is 0 Å². The standard InChI is InChI=1S/C21H21N7O8S3/c1-21(2,18(34)35)36-27-11(9-7-38-19(22)24-9)14(30)26-12-15(31)28-13(17(32)33)8(5-37-16(12)28)6-39-20-23-4-3-10(29)25-20/h3-4,7,12,16H,5-6H2,1-2H3,(H2,22,24)(H,26,30)(H,32,33)(H,34,35)(H,23,25,29)/b27-11-/t12-,16-/m1/s1. The van der Waals surface area contributed by atoms with Crippen LogP contribution in [0.5, 0.6) is 0 Å². The Kier molecular flexibility index (Phi) is 7.98. The highest BCUT2D eigenvalue weighted by atomic mass is 32.2. The molecule has 2 aromatic rings. The number of carbonyl (C=O) groups excluding carboxylic acids is 2. The zero-order valence-electron chi connectivity index (χ0n) is 20.2. The Hall–Kier alpha value is -3.90. The van der Waals surface area contributed by atoms with Gasteiger partial charge in [-0.3, -0.25) is 19.3 Å². The number of H-pyrrole nitrogens is 1. The van der Waals surface area contributed by atoms with Crippen LogP contribution < -0.4 is 16.6 Å². The highest BCUT2D eigenvalue weighted by molar-refractivity contribution is 8.01. The van der Waals surface area contributed by atoms with Crippen molar-refractivity contribution in [1.82, 2.24) is 25.2 Å². The van der Waals surface area contributed by atoms with Crippen LogP contribution in [0.1, 0.15) is 19.5 Å². The summed E-state index contributed by atoms with van der Waals surface area (Å²) < 4.78 is 0. The topological polar surface area (TPSA) is 230 Å². The Bertz CT molecular complexity index is 1470. The number of rotatable bonds is 10. The lowest BCUT2D eigenvalue weighted by molar-refractivity contribution is -0.161. The molecule has 6 N–H and O–H groups in total. The van der Waals surface area contributed by atoms with Crippen molar-refractivity contribution in [3.8, 4) is 0 Å². The lowest BCUT2D eigenvalue weighted by Gasteiger charge is -2.49. The molecule has 0 bridgehead atoms. The maximum atomic E-state index is 13.1. The SMILES string of the molecule is CC(C)(O/N=C(\C(=O)N[C@@H]1C(=O)N2C(C(=O)O)=C(CSc3nccc(=O)[nH]3)CS[C@H]12)c1csc(N)n1)C(=O)O. The van der Waals surface area contributed by atoms with Crippen molar-refractivity contribution >= 4 is 69.5 Å². The van der Waals surface area contributed by atoms with Crippen LogP contribution in [0.3, 0.4) is 0 Å². The van der Waals surface area contributed by atoms with Gasteiger partial charge in [0.25, 0.3) is 17.4 Å². The smallest absolute Gasteiger partial charge is 0.352 e. The summed E-state index contributed by atoms with van der Waals surface area (Å²) in [6.07, 6.45) is 1.33. The first kappa shape index (κ1) is 28.1. The predicted molar refractivity (Wildman–Crippen MR) is 141 cm³/mol. The van der Waals surface area contributed by atoms with Crippen LogP contribution in [-0.4, -0.2) is 88.1 Å². The van der Waals surface area contributed by atoms with Gasteiger partial charge in [-0.1, -0.05) is 16.9 Å². The summed E-state index contributed by atoms with van der Waals surface area (Å²) in [6.45, 7) is 2.47. The van der Waals surface area contributed by atoms with E-state index >= 15 is 0 Å². The number of thioether (sulfide) groups is 2. The van der Waals surface area contributed by atoms with E-state index < -0.39 is 46.5 Å². The number of fused-ring (bicyclic) bond motifs is 1. The number of aromatic nitrogens is 3. The van der Waals surface area contributed by atoms with E-state index in [0.717, 1.165) is 28.0 Å².